The first-order valence-electron chi connectivity index (χ1n) is 21.6. The number of nitrogens with zero attached hydrogens (tertiary/aromatic N) is 8. The van der Waals surface area contributed by atoms with E-state index in [4.69, 9.17) is 11.5 Å². The Balaban J connectivity index is 0.000000154. The van der Waals surface area contributed by atoms with Gasteiger partial charge in [-0.2, -0.15) is 36.5 Å². The number of likely N-dealkylation sites (tertiary alicyclic amines) is 1. The lowest BCUT2D eigenvalue weighted by Gasteiger charge is -2.26. The summed E-state index contributed by atoms with van der Waals surface area (Å²) in [6, 6.07) is 14.8. The highest BCUT2D eigenvalue weighted by Crippen LogP contribution is 2.48. The number of halogens is 6. The number of para-hydroxylation sites is 2. The standard InChI is InChI=1S/C22H21F3N6O3.C12H14F3N3O.C11H9N3O2/c23-22(24,25)11-29-6-5-13(28-29)9-19(32)18-8-12-7-17(12)31(18)21(34)27-15-10-30(20(26)33)16-4-2-1-3-14(15)16;13-12(14,15)6-18-2-1-8(17-18)5-11(19)10-4-7-3-9(7)16-10;12-11(16)14-7-9(13-5-6-15)8-3-1-2-4-10(8)14/h1-6,10,12,17-18H,7-9,11H2,(H2,26,33)(H,27,34);1-2,7,9-10,16H,3-6H2;1-7H,(H2,12,16)/t12-,17-,18+;7-,9-,10+;/m11./s1. The number of carbonyl (C=O) groups excluding carboxylic acids is 6. The minimum absolute atomic E-state index is 0.0180. The van der Waals surface area contributed by atoms with Crippen molar-refractivity contribution in [3.05, 3.63) is 96.8 Å². The first-order valence-corrected chi connectivity index (χ1v) is 21.6. The van der Waals surface area contributed by atoms with E-state index in [0.717, 1.165) is 40.2 Å². The Morgan fingerprint density at radius 1 is 0.725 bits per heavy atom. The summed E-state index contributed by atoms with van der Waals surface area (Å²) in [5.41, 5.74) is 13.4. The highest BCUT2D eigenvalue weighted by molar-refractivity contribution is 6.14. The summed E-state index contributed by atoms with van der Waals surface area (Å²) in [5.74, 6) is 0.579. The normalized spacial score (nSPS) is 21.2. The molecule has 0 radical (unpaired) electrons. The second-order valence-corrected chi connectivity index (χ2v) is 17.2. The van der Waals surface area contributed by atoms with Gasteiger partial charge in [0.1, 0.15) is 13.1 Å². The molecule has 0 bridgehead atoms. The average molecular weight is 963 g/mol. The molecule has 4 fully saturated rings. The number of aromatic nitrogens is 6. The van der Waals surface area contributed by atoms with Crippen LogP contribution in [0.2, 0.25) is 0 Å². The fourth-order valence-electron chi connectivity index (χ4n) is 8.94. The van der Waals surface area contributed by atoms with Gasteiger partial charge in [-0.25, -0.2) is 14.4 Å². The van der Waals surface area contributed by atoms with E-state index in [1.807, 2.05) is 12.1 Å². The summed E-state index contributed by atoms with van der Waals surface area (Å²) in [6.45, 7) is -2.35. The largest absolute Gasteiger partial charge is 0.408 e. The number of primary amides is 2. The molecule has 2 aliphatic heterocycles. The molecule has 4 amide bonds. The van der Waals surface area contributed by atoms with Crippen LogP contribution in [-0.4, -0.2) is 112 Å². The van der Waals surface area contributed by atoms with Crippen LogP contribution in [0.1, 0.15) is 37.1 Å². The monoisotopic (exact) mass is 962 g/mol. The number of carbonyl (C=O) groups is 6. The molecule has 18 nitrogen and oxygen atoms in total. The summed E-state index contributed by atoms with van der Waals surface area (Å²) in [5, 5.41) is 15.1. The maximum Gasteiger partial charge on any atom is 0.408 e. The van der Waals surface area contributed by atoms with Crippen LogP contribution < -0.4 is 22.1 Å². The molecule has 6 aromatic rings. The van der Waals surface area contributed by atoms with Crippen molar-refractivity contribution in [2.45, 2.75) is 88.1 Å². The zero-order valence-electron chi connectivity index (χ0n) is 36.3. The van der Waals surface area contributed by atoms with Crippen molar-refractivity contribution in [1.82, 2.24) is 38.9 Å². The van der Waals surface area contributed by atoms with E-state index in [-0.39, 0.29) is 48.1 Å². The van der Waals surface area contributed by atoms with E-state index in [1.54, 1.807) is 36.4 Å². The number of piperidine rings is 2. The van der Waals surface area contributed by atoms with Gasteiger partial charge in [-0.05, 0) is 61.8 Å². The molecule has 2 aromatic carbocycles. The number of hydrogen-bond donors (Lipinski definition) is 4. The Morgan fingerprint density at radius 2 is 1.29 bits per heavy atom. The van der Waals surface area contributed by atoms with Crippen LogP contribution in [0.15, 0.2) is 90.4 Å². The molecular weight excluding hydrogens is 919 g/mol. The molecule has 4 aromatic heterocycles. The van der Waals surface area contributed by atoms with E-state index < -0.39 is 49.6 Å². The smallest absolute Gasteiger partial charge is 0.351 e. The van der Waals surface area contributed by atoms with Gasteiger partial charge in [0.05, 0.1) is 64.9 Å². The summed E-state index contributed by atoms with van der Waals surface area (Å²) < 4.78 is 78.3. The molecular formula is C45H44F6N12O6. The van der Waals surface area contributed by atoms with Crippen LogP contribution in [0.25, 0.3) is 21.8 Å². The fraction of sp³-hybridized carbons (Fsp3) is 0.356. The Bertz CT molecular complexity index is 2960. The molecule has 0 spiro atoms. The van der Waals surface area contributed by atoms with E-state index in [1.165, 1.54) is 51.0 Å². The highest BCUT2D eigenvalue weighted by atomic mass is 19.4. The van der Waals surface area contributed by atoms with Gasteiger partial charge in [0, 0.05) is 47.6 Å². The van der Waals surface area contributed by atoms with Gasteiger partial charge in [-0.15, -0.1) is 0 Å². The Kier molecular flexibility index (Phi) is 13.3. The third kappa shape index (κ3) is 11.4. The van der Waals surface area contributed by atoms with Crippen LogP contribution in [0.4, 0.5) is 52.1 Å². The van der Waals surface area contributed by atoms with Gasteiger partial charge in [0.2, 0.25) is 0 Å². The number of alkyl halides is 6. The maximum atomic E-state index is 13.2. The summed E-state index contributed by atoms with van der Waals surface area (Å²) in [7, 11) is 0. The van der Waals surface area contributed by atoms with Crippen LogP contribution in [0.3, 0.4) is 0 Å². The number of rotatable bonds is 11. The predicted molar refractivity (Wildman–Crippen MR) is 237 cm³/mol. The van der Waals surface area contributed by atoms with Crippen molar-refractivity contribution in [3.63, 3.8) is 0 Å². The maximum absolute atomic E-state index is 13.2. The topological polar surface area (TPSA) is 240 Å². The Labute approximate surface area is 387 Å². The quantitative estimate of drug-likeness (QED) is 0.0685. The van der Waals surface area contributed by atoms with Gasteiger partial charge in [-0.3, -0.25) is 37.9 Å². The van der Waals surface area contributed by atoms with Crippen molar-refractivity contribution in [1.29, 1.82) is 0 Å². The molecule has 24 heteroatoms. The number of nitrogens with one attached hydrogen (secondary N) is 2. The third-order valence-corrected chi connectivity index (χ3v) is 12.2. The lowest BCUT2D eigenvalue weighted by atomic mass is 10.0. The lowest BCUT2D eigenvalue weighted by Crippen LogP contribution is -2.45. The number of benzene rings is 2. The Morgan fingerprint density at radius 3 is 1.86 bits per heavy atom. The van der Waals surface area contributed by atoms with E-state index in [2.05, 4.69) is 25.8 Å². The van der Waals surface area contributed by atoms with Gasteiger partial charge >= 0.3 is 30.4 Å². The van der Waals surface area contributed by atoms with Gasteiger partial charge in [-0.1, -0.05) is 36.4 Å². The second-order valence-electron chi connectivity index (χ2n) is 17.2. The highest BCUT2D eigenvalue weighted by Gasteiger charge is 2.56. The molecule has 2 saturated carbocycles. The third-order valence-electron chi connectivity index (χ3n) is 12.2. The minimum Gasteiger partial charge on any atom is -0.351 e. The van der Waals surface area contributed by atoms with Crippen molar-refractivity contribution >= 4 is 75.3 Å². The molecule has 0 unspecified atom stereocenters. The number of Topliss-reactive ketones (excluding diaryl/α,β-unsaturated/α-hetero) is 2. The molecule has 6 heterocycles. The number of urea groups is 1. The zero-order valence-corrected chi connectivity index (χ0v) is 36.3. The summed E-state index contributed by atoms with van der Waals surface area (Å²) in [4.78, 5) is 76.7. The molecule has 6 N–H and O–H groups in total. The molecule has 10 rings (SSSR count). The fourth-order valence-corrected chi connectivity index (χ4v) is 8.94. The zero-order chi connectivity index (χ0) is 49.4. The van der Waals surface area contributed by atoms with Crippen LogP contribution in [0.5, 0.6) is 0 Å². The molecule has 4 aliphatic rings. The van der Waals surface area contributed by atoms with E-state index in [9.17, 15) is 55.1 Å². The first-order chi connectivity index (χ1) is 32.7. The lowest BCUT2D eigenvalue weighted by molar-refractivity contribution is -0.143. The van der Waals surface area contributed by atoms with Crippen LogP contribution in [0, 0.1) is 11.8 Å². The molecule has 69 heavy (non-hydrogen) atoms. The number of ketones is 2. The molecule has 362 valence electrons. The van der Waals surface area contributed by atoms with Crippen molar-refractivity contribution < 1.29 is 55.1 Å². The second kappa shape index (κ2) is 19.2. The van der Waals surface area contributed by atoms with Crippen LogP contribution in [-0.2, 0) is 40.3 Å². The SMILES string of the molecule is NC(=O)n1cc(N=CC=O)c2ccccc21.NC(=O)n1cc(NC(=O)N2[C@@H]3C[C@@H]3C[C@H]2C(=O)Cc2ccn(CC(F)(F)F)n2)c2ccccc21.O=C(Cc1ccn(CC(F)(F)F)n1)[C@@H]1C[C@H]2C[C@H]2N1. The molecule has 2 saturated heterocycles. The van der Waals surface area contributed by atoms with Crippen LogP contribution >= 0.6 is 0 Å². The summed E-state index contributed by atoms with van der Waals surface area (Å²) >= 11 is 0. The van der Waals surface area contributed by atoms with Gasteiger partial charge < -0.3 is 27.0 Å². The Hall–Kier alpha value is -7.63. The van der Waals surface area contributed by atoms with E-state index >= 15 is 0 Å². The number of aliphatic imine (C=N–C) groups is 1. The first kappa shape index (κ1) is 47.8. The average Bonchev–Trinajstić information content (AvgIpc) is 3.69. The van der Waals surface area contributed by atoms with Gasteiger partial charge in [0.15, 0.2) is 17.9 Å². The van der Waals surface area contributed by atoms with Crippen molar-refractivity contribution in [2.24, 2.45) is 28.3 Å². The van der Waals surface area contributed by atoms with E-state index in [0.29, 0.717) is 58.2 Å². The van der Waals surface area contributed by atoms with Gasteiger partial charge in [0.25, 0.3) is 0 Å². The number of amides is 4. The minimum atomic E-state index is -4.41. The molecule has 6 atom stereocenters. The number of nitrogens with two attached hydrogens (primary N) is 2. The number of aldehydes is 1. The van der Waals surface area contributed by atoms with Crippen molar-refractivity contribution in [3.8, 4) is 0 Å². The molecule has 2 aliphatic carbocycles. The number of fused-ring (bicyclic) bond motifs is 4. The predicted octanol–water partition coefficient (Wildman–Crippen LogP) is 5.91. The summed E-state index contributed by atoms with van der Waals surface area (Å²) in [6.07, 6.45) is 1.62. The number of hydrogen-bond acceptors (Lipinski definition) is 10. The number of anilines is 1. The van der Waals surface area contributed by atoms with Crippen molar-refractivity contribution in [2.75, 3.05) is 5.32 Å².